The average Bonchev–Trinajstić information content (AvgIpc) is 3.34. The lowest BCUT2D eigenvalue weighted by molar-refractivity contribution is -0.390. The summed E-state index contributed by atoms with van der Waals surface area (Å²) in [6, 6.07) is 18.1. The fourth-order valence-electron chi connectivity index (χ4n) is 3.86. The molecule has 0 unspecified atom stereocenters. The number of hydrogen-bond donors (Lipinski definition) is 0. The van der Waals surface area contributed by atoms with Gasteiger partial charge in [-0.3, -0.25) is 9.69 Å². The van der Waals surface area contributed by atoms with Crippen molar-refractivity contribution in [2.45, 2.75) is 52.0 Å². The molecule has 2 aromatic carbocycles. The number of aromatic nitrogens is 2. The fraction of sp³-hybridized carbons (Fsp3) is 0.286. The maximum absolute atomic E-state index is 13.6. The second kappa shape index (κ2) is 11.1. The van der Waals surface area contributed by atoms with Gasteiger partial charge in [-0.2, -0.15) is 4.79 Å². The monoisotopic (exact) mass is 503 g/mol. The van der Waals surface area contributed by atoms with E-state index >= 15 is 0 Å². The van der Waals surface area contributed by atoms with Crippen LogP contribution in [-0.4, -0.2) is 44.1 Å². The van der Waals surface area contributed by atoms with Crippen LogP contribution < -0.4 is 4.98 Å². The van der Waals surface area contributed by atoms with Crippen molar-refractivity contribution in [1.29, 1.82) is 0 Å². The minimum Gasteiger partial charge on any atom is -0.444 e. The summed E-state index contributed by atoms with van der Waals surface area (Å²) in [5.74, 6) is -0.263. The van der Waals surface area contributed by atoms with Crippen LogP contribution in [0.2, 0.25) is 0 Å². The highest BCUT2D eigenvalue weighted by atomic mass is 16.6. The van der Waals surface area contributed by atoms with Crippen LogP contribution in [0, 0.1) is 0 Å². The molecule has 2 heterocycles. The molecule has 0 bridgehead atoms. The Bertz CT molecular complexity index is 1260. The van der Waals surface area contributed by atoms with Crippen molar-refractivity contribution in [3.05, 3.63) is 102 Å². The first kappa shape index (κ1) is 25.7. The summed E-state index contributed by atoms with van der Waals surface area (Å²) in [7, 11) is 0. The van der Waals surface area contributed by atoms with Crippen LogP contribution in [-0.2, 0) is 33.8 Å². The highest BCUT2D eigenvalue weighted by Crippen LogP contribution is 2.20. The van der Waals surface area contributed by atoms with Crippen LogP contribution in [0.5, 0.6) is 0 Å². The van der Waals surface area contributed by atoms with E-state index in [2.05, 4.69) is 4.98 Å². The third-order valence-electron chi connectivity index (χ3n) is 5.63. The molecule has 3 aromatic rings. The second-order valence-corrected chi connectivity index (χ2v) is 9.73. The van der Waals surface area contributed by atoms with Crippen LogP contribution >= 0.6 is 0 Å². The molecule has 192 valence electrons. The molecule has 37 heavy (non-hydrogen) atoms. The van der Waals surface area contributed by atoms with Gasteiger partial charge in [0.05, 0.1) is 6.54 Å². The van der Waals surface area contributed by atoms with Gasteiger partial charge in [0.15, 0.2) is 5.69 Å². The average molecular weight is 504 g/mol. The van der Waals surface area contributed by atoms with Crippen LogP contribution in [0.15, 0.2) is 85.6 Å². The summed E-state index contributed by atoms with van der Waals surface area (Å²) < 4.78 is 12.2. The summed E-state index contributed by atoms with van der Waals surface area (Å²) in [5, 5.41) is 0. The number of carbonyl (C=O) groups excluding carboxylic acids is 3. The minimum atomic E-state index is -0.788. The number of ether oxygens (including phenoxy) is 2. The number of rotatable bonds is 6. The highest BCUT2D eigenvalue weighted by Gasteiger charge is 2.36. The standard InChI is InChI=1S/C28H30N4O5/c1-28(2,3)37-26(34)31-18-23(29-20-31)17-30-14-15-32(27(35)36-19-22-12-8-5-9-13-22)24(25(30)33)16-21-10-6-4-7-11-21/h4-15,18,20,24H,16-17,19H2,1-3H3/p+1/t24-/m0/s1. The van der Waals surface area contributed by atoms with Crippen molar-refractivity contribution in [2.75, 3.05) is 0 Å². The zero-order valence-corrected chi connectivity index (χ0v) is 21.2. The van der Waals surface area contributed by atoms with Gasteiger partial charge in [0, 0.05) is 18.8 Å². The van der Waals surface area contributed by atoms with E-state index in [1.54, 1.807) is 39.4 Å². The number of nitrogens with zero attached hydrogens (tertiary/aromatic N) is 3. The number of carbonyl (C=O) groups is 3. The van der Waals surface area contributed by atoms with E-state index < -0.39 is 23.8 Å². The molecule has 0 saturated heterocycles. The molecule has 0 radical (unpaired) electrons. The molecule has 0 saturated carbocycles. The Kier molecular flexibility index (Phi) is 7.71. The van der Waals surface area contributed by atoms with E-state index in [1.807, 2.05) is 60.7 Å². The van der Waals surface area contributed by atoms with Gasteiger partial charge in [0.25, 0.3) is 12.2 Å². The van der Waals surface area contributed by atoms with Crippen molar-refractivity contribution in [2.24, 2.45) is 0 Å². The molecule has 2 amide bonds. The third-order valence-corrected chi connectivity index (χ3v) is 5.63. The highest BCUT2D eigenvalue weighted by molar-refractivity contribution is 5.88. The fourth-order valence-corrected chi connectivity index (χ4v) is 3.86. The molecule has 9 nitrogen and oxygen atoms in total. The number of aromatic amines is 1. The SMILES string of the molecule is CC(C)(C)OC(=O)n1c[nH+]c(CN2C=CN(C(=O)OCc3ccccc3)[C@@H](Cc3ccccc3)C2=O)c1. The van der Waals surface area contributed by atoms with Gasteiger partial charge in [-0.25, -0.2) is 9.78 Å². The summed E-state index contributed by atoms with van der Waals surface area (Å²) in [4.78, 5) is 44.8. The van der Waals surface area contributed by atoms with E-state index in [9.17, 15) is 14.4 Å². The van der Waals surface area contributed by atoms with Crippen LogP contribution in [0.4, 0.5) is 9.59 Å². The topological polar surface area (TPSA) is 95.2 Å². The quantitative estimate of drug-likeness (QED) is 0.504. The number of imidazole rings is 1. The molecule has 1 atom stereocenters. The number of amides is 2. The van der Waals surface area contributed by atoms with E-state index in [-0.39, 0.29) is 19.1 Å². The Morgan fingerprint density at radius 3 is 2.22 bits per heavy atom. The predicted molar refractivity (Wildman–Crippen MR) is 135 cm³/mol. The minimum absolute atomic E-state index is 0.104. The van der Waals surface area contributed by atoms with Crippen molar-refractivity contribution in [3.63, 3.8) is 0 Å². The molecule has 0 aliphatic carbocycles. The van der Waals surface area contributed by atoms with Crippen LogP contribution in [0.25, 0.3) is 0 Å². The molecule has 9 heteroatoms. The van der Waals surface area contributed by atoms with E-state index in [0.717, 1.165) is 11.1 Å². The van der Waals surface area contributed by atoms with Gasteiger partial charge in [0.2, 0.25) is 0 Å². The summed E-state index contributed by atoms with van der Waals surface area (Å²) in [5.41, 5.74) is 1.77. The van der Waals surface area contributed by atoms with Crippen molar-refractivity contribution < 1.29 is 28.8 Å². The second-order valence-electron chi connectivity index (χ2n) is 9.73. The first-order valence-electron chi connectivity index (χ1n) is 12.0. The van der Waals surface area contributed by atoms with Crippen molar-refractivity contribution in [1.82, 2.24) is 14.4 Å². The molecule has 4 rings (SSSR count). The Morgan fingerprint density at radius 2 is 1.57 bits per heavy atom. The molecule has 1 aliphatic heterocycles. The maximum atomic E-state index is 13.6. The summed E-state index contributed by atoms with van der Waals surface area (Å²) >= 11 is 0. The van der Waals surface area contributed by atoms with Gasteiger partial charge in [-0.1, -0.05) is 60.7 Å². The first-order chi connectivity index (χ1) is 17.7. The first-order valence-corrected chi connectivity index (χ1v) is 12.0. The Balaban J connectivity index is 1.50. The van der Waals surface area contributed by atoms with Gasteiger partial charge in [-0.05, 0) is 31.9 Å². The number of hydrogen-bond acceptors (Lipinski definition) is 5. The van der Waals surface area contributed by atoms with Crippen molar-refractivity contribution in [3.8, 4) is 0 Å². The van der Waals surface area contributed by atoms with Gasteiger partial charge >= 0.3 is 12.2 Å². The summed E-state index contributed by atoms with van der Waals surface area (Å²) in [6.07, 6.45) is 5.38. The van der Waals surface area contributed by atoms with Crippen molar-refractivity contribution >= 4 is 18.1 Å². The predicted octanol–water partition coefficient (Wildman–Crippen LogP) is 4.15. The summed E-state index contributed by atoms with van der Waals surface area (Å²) in [6.45, 7) is 5.66. The third kappa shape index (κ3) is 6.84. The Labute approximate surface area is 215 Å². The lowest BCUT2D eigenvalue weighted by Crippen LogP contribution is -2.51. The van der Waals surface area contributed by atoms with Gasteiger partial charge in [-0.15, -0.1) is 4.57 Å². The van der Waals surface area contributed by atoms with Gasteiger partial charge < -0.3 is 14.4 Å². The van der Waals surface area contributed by atoms with E-state index in [4.69, 9.17) is 9.47 Å². The number of benzene rings is 2. The molecular formula is C28H31N4O5+. The largest absolute Gasteiger partial charge is 0.512 e. The lowest BCUT2D eigenvalue weighted by atomic mass is 10.0. The number of nitrogens with one attached hydrogen (secondary N) is 1. The lowest BCUT2D eigenvalue weighted by Gasteiger charge is -2.34. The molecule has 0 fully saturated rings. The molecule has 1 N–H and O–H groups in total. The smallest absolute Gasteiger partial charge is 0.444 e. The number of H-pyrrole nitrogens is 1. The normalized spacial score (nSPS) is 15.5. The van der Waals surface area contributed by atoms with Gasteiger partial charge in [0.1, 0.15) is 24.4 Å². The van der Waals surface area contributed by atoms with Crippen LogP contribution in [0.3, 0.4) is 0 Å². The molecular weight excluding hydrogens is 472 g/mol. The van der Waals surface area contributed by atoms with E-state index in [1.165, 1.54) is 20.7 Å². The Hall–Kier alpha value is -4.40. The Morgan fingerprint density at radius 1 is 0.919 bits per heavy atom. The molecule has 1 aliphatic rings. The molecule has 0 spiro atoms. The molecule has 1 aromatic heterocycles. The maximum Gasteiger partial charge on any atom is 0.512 e. The zero-order chi connectivity index (χ0) is 26.4. The van der Waals surface area contributed by atoms with Crippen LogP contribution in [0.1, 0.15) is 37.6 Å². The zero-order valence-electron chi connectivity index (χ0n) is 21.2. The van der Waals surface area contributed by atoms with E-state index in [0.29, 0.717) is 12.1 Å².